The molecule has 1 N–H and O–H groups in total. The molecule has 0 spiro atoms. The number of carboxylic acid groups (broad SMARTS) is 1. The average Bonchev–Trinajstić information content (AvgIpc) is 2.63. The first-order valence-electron chi connectivity index (χ1n) is 7.28. The molecule has 3 nitrogen and oxygen atoms in total. The van der Waals surface area contributed by atoms with E-state index >= 15 is 0 Å². The normalized spacial score (nSPS) is 42.3. The van der Waals surface area contributed by atoms with Crippen molar-refractivity contribution in [2.24, 2.45) is 29.6 Å². The van der Waals surface area contributed by atoms with Gasteiger partial charge in [0.2, 0.25) is 0 Å². The molecule has 0 radical (unpaired) electrons. The smallest absolute Gasteiger partial charge is 0.290 e. The van der Waals surface area contributed by atoms with Gasteiger partial charge in [-0.15, -0.1) is 0 Å². The summed E-state index contributed by atoms with van der Waals surface area (Å²) in [5.74, 6) is 4.40. The Kier molecular flexibility index (Phi) is 4.41. The molecule has 0 aromatic heterocycles. The summed E-state index contributed by atoms with van der Waals surface area (Å²) in [6.45, 7) is 2.05. The number of fused-ring (bicyclic) bond motifs is 2. The second kappa shape index (κ2) is 5.85. The van der Waals surface area contributed by atoms with Crippen LogP contribution in [0.1, 0.15) is 51.9 Å². The monoisotopic (exact) mass is 252 g/mol. The van der Waals surface area contributed by atoms with Gasteiger partial charge in [-0.05, 0) is 36.5 Å². The van der Waals surface area contributed by atoms with Crippen LogP contribution in [-0.4, -0.2) is 17.4 Å². The number of carbonyl (C=O) groups excluding carboxylic acids is 1. The standard InChI is InChI=1S/C14H22O.CH2O2/c1-9-6-14(15)13-8-11-5-3-2-4-10(11)7-12(9)13;2-1-3/h9-13H,2-8H2,1H3;1H,(H,2,3). The summed E-state index contributed by atoms with van der Waals surface area (Å²) in [5, 5.41) is 6.89. The summed E-state index contributed by atoms with van der Waals surface area (Å²) in [5.41, 5.74) is 0. The van der Waals surface area contributed by atoms with Crippen LogP contribution in [0.2, 0.25) is 0 Å². The fourth-order valence-corrected chi connectivity index (χ4v) is 4.54. The van der Waals surface area contributed by atoms with E-state index in [2.05, 4.69) is 6.92 Å². The van der Waals surface area contributed by atoms with Crippen molar-refractivity contribution in [1.82, 2.24) is 0 Å². The molecule has 0 aromatic carbocycles. The minimum absolute atomic E-state index is 0.250. The summed E-state index contributed by atoms with van der Waals surface area (Å²) in [4.78, 5) is 20.3. The number of carbonyl (C=O) groups is 2. The van der Waals surface area contributed by atoms with Gasteiger partial charge in [0.1, 0.15) is 5.78 Å². The predicted molar refractivity (Wildman–Crippen MR) is 69.1 cm³/mol. The maximum absolute atomic E-state index is 11.9. The lowest BCUT2D eigenvalue weighted by molar-refractivity contribution is -0.123. The Bertz CT molecular complexity index is 313. The van der Waals surface area contributed by atoms with Crippen LogP contribution in [0.5, 0.6) is 0 Å². The highest BCUT2D eigenvalue weighted by Gasteiger charge is 2.47. The SMILES string of the molecule is CC1CC(=O)C2CC3CCCCC3CC12.O=CO. The Morgan fingerprint density at radius 3 is 2.33 bits per heavy atom. The molecule has 0 aromatic rings. The van der Waals surface area contributed by atoms with Crippen molar-refractivity contribution in [3.05, 3.63) is 0 Å². The first-order chi connectivity index (χ1) is 8.67. The molecular formula is C15H24O3. The van der Waals surface area contributed by atoms with E-state index in [1.165, 1.54) is 38.5 Å². The minimum Gasteiger partial charge on any atom is -0.483 e. The van der Waals surface area contributed by atoms with Crippen molar-refractivity contribution in [2.45, 2.75) is 51.9 Å². The third kappa shape index (κ3) is 2.60. The molecule has 3 saturated carbocycles. The molecule has 3 rings (SSSR count). The third-order valence-electron chi connectivity index (χ3n) is 5.38. The highest BCUT2D eigenvalue weighted by atomic mass is 16.3. The zero-order valence-electron chi connectivity index (χ0n) is 11.2. The van der Waals surface area contributed by atoms with Gasteiger partial charge in [-0.3, -0.25) is 9.59 Å². The lowest BCUT2D eigenvalue weighted by Gasteiger charge is -2.42. The maximum Gasteiger partial charge on any atom is 0.290 e. The van der Waals surface area contributed by atoms with Crippen LogP contribution in [0, 0.1) is 29.6 Å². The first-order valence-corrected chi connectivity index (χ1v) is 7.28. The number of rotatable bonds is 0. The van der Waals surface area contributed by atoms with E-state index < -0.39 is 0 Å². The second-order valence-electron chi connectivity index (χ2n) is 6.30. The van der Waals surface area contributed by atoms with E-state index in [-0.39, 0.29) is 6.47 Å². The maximum atomic E-state index is 11.9. The van der Waals surface area contributed by atoms with E-state index in [4.69, 9.17) is 9.90 Å². The highest BCUT2D eigenvalue weighted by Crippen LogP contribution is 2.51. The number of hydrogen-bond donors (Lipinski definition) is 1. The van der Waals surface area contributed by atoms with Crippen molar-refractivity contribution >= 4 is 12.3 Å². The lowest BCUT2D eigenvalue weighted by Crippen LogP contribution is -2.34. The van der Waals surface area contributed by atoms with E-state index in [9.17, 15) is 4.79 Å². The van der Waals surface area contributed by atoms with Gasteiger partial charge in [0, 0.05) is 12.3 Å². The molecule has 3 fully saturated rings. The Morgan fingerprint density at radius 2 is 1.72 bits per heavy atom. The third-order valence-corrected chi connectivity index (χ3v) is 5.38. The van der Waals surface area contributed by atoms with Crippen molar-refractivity contribution in [2.75, 3.05) is 0 Å². The van der Waals surface area contributed by atoms with Crippen LogP contribution in [-0.2, 0) is 9.59 Å². The van der Waals surface area contributed by atoms with E-state index in [0.717, 1.165) is 24.2 Å². The molecule has 0 heterocycles. The molecule has 3 aliphatic carbocycles. The molecule has 5 unspecified atom stereocenters. The van der Waals surface area contributed by atoms with Gasteiger partial charge in [0.05, 0.1) is 0 Å². The fourth-order valence-electron chi connectivity index (χ4n) is 4.54. The number of ketones is 1. The fraction of sp³-hybridized carbons (Fsp3) is 0.867. The van der Waals surface area contributed by atoms with Crippen LogP contribution in [0.15, 0.2) is 0 Å². The zero-order chi connectivity index (χ0) is 13.1. The Labute approximate surface area is 109 Å². The summed E-state index contributed by atoms with van der Waals surface area (Å²) >= 11 is 0. The second-order valence-corrected chi connectivity index (χ2v) is 6.30. The lowest BCUT2D eigenvalue weighted by atomic mass is 9.63. The van der Waals surface area contributed by atoms with Gasteiger partial charge in [0.15, 0.2) is 0 Å². The van der Waals surface area contributed by atoms with E-state index in [1.54, 1.807) is 0 Å². The largest absolute Gasteiger partial charge is 0.483 e. The Hall–Kier alpha value is -0.860. The quantitative estimate of drug-likeness (QED) is 0.674. The molecule has 0 aliphatic heterocycles. The Morgan fingerprint density at radius 1 is 1.17 bits per heavy atom. The van der Waals surface area contributed by atoms with E-state index in [0.29, 0.717) is 17.6 Å². The van der Waals surface area contributed by atoms with Crippen molar-refractivity contribution < 1.29 is 14.7 Å². The van der Waals surface area contributed by atoms with Gasteiger partial charge in [-0.2, -0.15) is 0 Å². The number of hydrogen-bond acceptors (Lipinski definition) is 2. The molecular weight excluding hydrogens is 228 g/mol. The first kappa shape index (κ1) is 13.6. The van der Waals surface area contributed by atoms with Crippen LogP contribution in [0.4, 0.5) is 0 Å². The Balaban J connectivity index is 0.000000367. The van der Waals surface area contributed by atoms with Crippen LogP contribution < -0.4 is 0 Å². The zero-order valence-corrected chi connectivity index (χ0v) is 11.2. The molecule has 5 atom stereocenters. The minimum atomic E-state index is -0.250. The topological polar surface area (TPSA) is 54.4 Å². The van der Waals surface area contributed by atoms with Crippen molar-refractivity contribution in [3.63, 3.8) is 0 Å². The predicted octanol–water partition coefficient (Wildman–Crippen LogP) is 3.13. The van der Waals surface area contributed by atoms with Gasteiger partial charge < -0.3 is 5.11 Å². The van der Waals surface area contributed by atoms with Gasteiger partial charge in [-0.25, -0.2) is 0 Å². The molecule has 0 amide bonds. The highest BCUT2D eigenvalue weighted by molar-refractivity contribution is 5.84. The van der Waals surface area contributed by atoms with Crippen molar-refractivity contribution in [1.29, 1.82) is 0 Å². The average molecular weight is 252 g/mol. The summed E-state index contributed by atoms with van der Waals surface area (Å²) in [6, 6.07) is 0. The van der Waals surface area contributed by atoms with Crippen molar-refractivity contribution in [3.8, 4) is 0 Å². The molecule has 0 saturated heterocycles. The van der Waals surface area contributed by atoms with E-state index in [1.807, 2.05) is 0 Å². The van der Waals surface area contributed by atoms with Crippen LogP contribution >= 0.6 is 0 Å². The summed E-state index contributed by atoms with van der Waals surface area (Å²) < 4.78 is 0. The molecule has 102 valence electrons. The number of Topliss-reactive ketones (excluding diaryl/α,β-unsaturated/α-hetero) is 1. The molecule has 3 heteroatoms. The summed E-state index contributed by atoms with van der Waals surface area (Å²) in [6.07, 6.45) is 9.24. The van der Waals surface area contributed by atoms with Gasteiger partial charge in [-0.1, -0.05) is 32.6 Å². The van der Waals surface area contributed by atoms with Crippen LogP contribution in [0.3, 0.4) is 0 Å². The molecule has 3 aliphatic rings. The molecule has 18 heavy (non-hydrogen) atoms. The van der Waals surface area contributed by atoms with Gasteiger partial charge >= 0.3 is 0 Å². The molecule has 0 bridgehead atoms. The van der Waals surface area contributed by atoms with Crippen LogP contribution in [0.25, 0.3) is 0 Å². The summed E-state index contributed by atoms with van der Waals surface area (Å²) in [7, 11) is 0. The van der Waals surface area contributed by atoms with Gasteiger partial charge in [0.25, 0.3) is 6.47 Å².